The Morgan fingerprint density at radius 2 is 1.56 bits per heavy atom. The maximum absolute atomic E-state index is 8.07. The predicted octanol–water partition coefficient (Wildman–Crippen LogP) is -0.0156. The highest BCUT2D eigenvalue weighted by atomic mass is 35.5. The first-order valence-corrected chi connectivity index (χ1v) is 2.47. The van der Waals surface area contributed by atoms with Crippen molar-refractivity contribution >= 4 is 12.4 Å². The van der Waals surface area contributed by atoms with E-state index in [1.54, 1.807) is 0 Å². The van der Waals surface area contributed by atoms with Gasteiger partial charge in [0.1, 0.15) is 0 Å². The summed E-state index contributed by atoms with van der Waals surface area (Å²) in [6.45, 7) is 2.40. The summed E-state index contributed by atoms with van der Waals surface area (Å²) < 4.78 is 0. The van der Waals surface area contributed by atoms with E-state index < -0.39 is 0 Å². The van der Waals surface area contributed by atoms with Crippen LogP contribution in [0.1, 0.15) is 19.8 Å². The average Bonchev–Trinajstić information content (AvgIpc) is 1.75. The van der Waals surface area contributed by atoms with E-state index in [4.69, 9.17) is 10.2 Å². The van der Waals surface area contributed by atoms with Crippen LogP contribution in [0.5, 0.6) is 0 Å². The quantitative estimate of drug-likeness (QED) is 0.596. The van der Waals surface area contributed by atoms with Crippen molar-refractivity contribution in [1.82, 2.24) is 0 Å². The molecule has 4 heteroatoms. The zero-order chi connectivity index (χ0) is 6.12. The van der Waals surface area contributed by atoms with Gasteiger partial charge < -0.3 is 15.7 Å². The maximum atomic E-state index is 8.07. The molecule has 4 N–H and O–H groups in total. The first-order chi connectivity index (χ1) is 3.41. The van der Waals surface area contributed by atoms with E-state index in [2.05, 4.69) is 6.92 Å². The second-order valence-corrected chi connectivity index (χ2v) is 1.08. The van der Waals surface area contributed by atoms with E-state index >= 15 is 0 Å². The molecule has 0 amide bonds. The molecule has 0 saturated heterocycles. The first-order valence-electron chi connectivity index (χ1n) is 2.47. The molecule has 62 valence electrons. The molecule has 0 aromatic rings. The van der Waals surface area contributed by atoms with Gasteiger partial charge in [-0.3, -0.25) is 0 Å². The summed E-state index contributed by atoms with van der Waals surface area (Å²) in [6.07, 6.45) is 2.04. The fraction of sp³-hybridized carbons (Fsp3) is 1.00. The molecule has 0 heterocycles. The molecule has 0 aliphatic rings. The highest BCUT2D eigenvalue weighted by Gasteiger charge is 1.69. The summed E-state index contributed by atoms with van der Waals surface area (Å²) in [5, 5.41) is 15.1. The van der Waals surface area contributed by atoms with Crippen LogP contribution in [0.3, 0.4) is 0 Å². The standard InChI is InChI=1S/C4H10O.CH4O.ClH.H2O/c1-2-3-4-5;1-2;;/h5H,2-4H2,1H3;2H,1H3;1H;1H2. The van der Waals surface area contributed by atoms with Gasteiger partial charge in [0.2, 0.25) is 0 Å². The molecule has 0 radical (unpaired) electrons. The number of unbranched alkanes of at least 4 members (excludes halogenated alkanes) is 1. The van der Waals surface area contributed by atoms with Gasteiger partial charge in [0.05, 0.1) is 0 Å². The number of aliphatic hydroxyl groups is 2. The average molecular weight is 161 g/mol. The third kappa shape index (κ3) is 66.1. The van der Waals surface area contributed by atoms with E-state index in [1.165, 1.54) is 0 Å². The summed E-state index contributed by atoms with van der Waals surface area (Å²) in [7, 11) is 1.00. The van der Waals surface area contributed by atoms with Crippen molar-refractivity contribution in [2.75, 3.05) is 13.7 Å². The third-order valence-corrected chi connectivity index (χ3v) is 0.512. The van der Waals surface area contributed by atoms with Gasteiger partial charge in [0.25, 0.3) is 0 Å². The van der Waals surface area contributed by atoms with Crippen LogP contribution in [0.4, 0.5) is 0 Å². The van der Waals surface area contributed by atoms with E-state index in [9.17, 15) is 0 Å². The Morgan fingerprint density at radius 3 is 1.56 bits per heavy atom. The van der Waals surface area contributed by atoms with Crippen molar-refractivity contribution in [2.45, 2.75) is 19.8 Å². The molecule has 0 unspecified atom stereocenters. The van der Waals surface area contributed by atoms with E-state index in [0.29, 0.717) is 6.61 Å². The van der Waals surface area contributed by atoms with Crippen LogP contribution in [0.15, 0.2) is 0 Å². The van der Waals surface area contributed by atoms with E-state index in [0.717, 1.165) is 20.0 Å². The minimum atomic E-state index is 0. The molecule has 3 nitrogen and oxygen atoms in total. The second kappa shape index (κ2) is 41.8. The second-order valence-electron chi connectivity index (χ2n) is 1.08. The topological polar surface area (TPSA) is 72.0 Å². The Morgan fingerprint density at radius 1 is 1.22 bits per heavy atom. The first kappa shape index (κ1) is 22.9. The fourth-order valence-electron chi connectivity index (χ4n) is 0.158. The molecule has 0 bridgehead atoms. The summed E-state index contributed by atoms with van der Waals surface area (Å²) in [5.41, 5.74) is 0. The Bertz CT molecular complexity index is 19.7. The highest BCUT2D eigenvalue weighted by molar-refractivity contribution is 5.85. The molecule has 0 aliphatic carbocycles. The van der Waals surface area contributed by atoms with Gasteiger partial charge in [-0.15, -0.1) is 12.4 Å². The van der Waals surface area contributed by atoms with Gasteiger partial charge in [-0.1, -0.05) is 13.3 Å². The Hall–Kier alpha value is 0.170. The van der Waals surface area contributed by atoms with Gasteiger partial charge in [-0.2, -0.15) is 0 Å². The molecular weight excluding hydrogens is 144 g/mol. The van der Waals surface area contributed by atoms with Crippen LogP contribution in [-0.2, 0) is 0 Å². The van der Waals surface area contributed by atoms with Crippen LogP contribution < -0.4 is 0 Å². The van der Waals surface area contributed by atoms with Crippen molar-refractivity contribution in [3.05, 3.63) is 0 Å². The van der Waals surface area contributed by atoms with Gasteiger partial charge >= 0.3 is 0 Å². The van der Waals surface area contributed by atoms with Crippen LogP contribution in [0, 0.1) is 0 Å². The summed E-state index contributed by atoms with van der Waals surface area (Å²) >= 11 is 0. The number of hydrogen-bond donors (Lipinski definition) is 2. The molecule has 0 fully saturated rings. The van der Waals surface area contributed by atoms with Crippen LogP contribution in [0.2, 0.25) is 0 Å². The normalized spacial score (nSPS) is 5.33. The van der Waals surface area contributed by atoms with Crippen molar-refractivity contribution in [3.63, 3.8) is 0 Å². The predicted molar refractivity (Wildman–Crippen MR) is 41.0 cm³/mol. The number of aliphatic hydroxyl groups excluding tert-OH is 2. The zero-order valence-corrected chi connectivity index (χ0v) is 6.74. The monoisotopic (exact) mass is 160 g/mol. The Labute approximate surface area is 62.4 Å². The Balaban J connectivity index is -0.0000000286. The maximum Gasteiger partial charge on any atom is 0.0430 e. The minimum absolute atomic E-state index is 0. The van der Waals surface area contributed by atoms with Crippen molar-refractivity contribution < 1.29 is 15.7 Å². The molecule has 0 aliphatic heterocycles. The van der Waals surface area contributed by atoms with Crippen molar-refractivity contribution in [2.24, 2.45) is 0 Å². The summed E-state index contributed by atoms with van der Waals surface area (Å²) in [6, 6.07) is 0. The van der Waals surface area contributed by atoms with Gasteiger partial charge in [-0.05, 0) is 6.42 Å². The molecule has 0 aromatic carbocycles. The number of halogens is 1. The van der Waals surface area contributed by atoms with Crippen LogP contribution in [-0.4, -0.2) is 29.4 Å². The number of rotatable bonds is 2. The largest absolute Gasteiger partial charge is 0.412 e. The summed E-state index contributed by atoms with van der Waals surface area (Å²) in [5.74, 6) is 0. The Kier molecular flexibility index (Phi) is 106. The summed E-state index contributed by atoms with van der Waals surface area (Å²) in [4.78, 5) is 0. The molecule has 0 rings (SSSR count). The molecule has 0 aromatic heterocycles. The lowest BCUT2D eigenvalue weighted by atomic mass is 10.4. The molecular formula is C5H17ClO3. The van der Waals surface area contributed by atoms with E-state index in [-0.39, 0.29) is 17.9 Å². The molecule has 9 heavy (non-hydrogen) atoms. The lowest BCUT2D eigenvalue weighted by Gasteiger charge is -1.79. The zero-order valence-electron chi connectivity index (χ0n) is 5.92. The SMILES string of the molecule is CCCCO.CO.Cl.O. The van der Waals surface area contributed by atoms with Crippen molar-refractivity contribution in [1.29, 1.82) is 0 Å². The third-order valence-electron chi connectivity index (χ3n) is 0.512. The van der Waals surface area contributed by atoms with E-state index in [1.807, 2.05) is 0 Å². The fourth-order valence-corrected chi connectivity index (χ4v) is 0.158. The lowest BCUT2D eigenvalue weighted by molar-refractivity contribution is 0.287. The highest BCUT2D eigenvalue weighted by Crippen LogP contribution is 1.78. The van der Waals surface area contributed by atoms with Gasteiger partial charge in [0, 0.05) is 13.7 Å². The van der Waals surface area contributed by atoms with Crippen LogP contribution in [0.25, 0.3) is 0 Å². The van der Waals surface area contributed by atoms with Crippen LogP contribution >= 0.6 is 12.4 Å². The van der Waals surface area contributed by atoms with Gasteiger partial charge in [0.15, 0.2) is 0 Å². The molecule has 0 saturated carbocycles. The smallest absolute Gasteiger partial charge is 0.0430 e. The van der Waals surface area contributed by atoms with Gasteiger partial charge in [-0.25, -0.2) is 0 Å². The molecule has 0 atom stereocenters. The lowest BCUT2D eigenvalue weighted by Crippen LogP contribution is -1.75. The molecule has 0 spiro atoms. The van der Waals surface area contributed by atoms with Crippen molar-refractivity contribution in [3.8, 4) is 0 Å². The number of hydrogen-bond acceptors (Lipinski definition) is 2. The minimum Gasteiger partial charge on any atom is -0.412 e.